The van der Waals surface area contributed by atoms with E-state index in [-0.39, 0.29) is 17.6 Å². The average molecular weight is 217 g/mol. The number of rotatable bonds is 2. The normalized spacial score (nSPS) is 23.6. The van der Waals surface area contributed by atoms with Crippen LogP contribution in [0.5, 0.6) is 0 Å². The molecular formula is C13H15NO2. The zero-order chi connectivity index (χ0) is 11.9. The summed E-state index contributed by atoms with van der Waals surface area (Å²) in [6.07, 6.45) is 0. The summed E-state index contributed by atoms with van der Waals surface area (Å²) in [5.74, 6) is -1.16. The third kappa shape index (κ3) is 1.43. The predicted octanol–water partition coefficient (Wildman–Crippen LogP) is 1.72. The van der Waals surface area contributed by atoms with E-state index in [1.54, 1.807) is 6.07 Å². The molecule has 3 heteroatoms. The zero-order valence-corrected chi connectivity index (χ0v) is 9.44. The van der Waals surface area contributed by atoms with E-state index in [9.17, 15) is 9.59 Å². The van der Waals surface area contributed by atoms with Crippen molar-refractivity contribution in [2.75, 3.05) is 0 Å². The molecule has 0 saturated heterocycles. The van der Waals surface area contributed by atoms with Crippen LogP contribution < -0.4 is 5.73 Å². The van der Waals surface area contributed by atoms with Crippen LogP contribution in [-0.4, -0.2) is 11.7 Å². The number of benzene rings is 1. The van der Waals surface area contributed by atoms with Gasteiger partial charge in [0.05, 0.1) is 0 Å². The first-order valence-corrected chi connectivity index (χ1v) is 5.46. The molecule has 1 aromatic rings. The molecule has 0 saturated carbocycles. The molecule has 0 unspecified atom stereocenters. The monoisotopic (exact) mass is 217 g/mol. The summed E-state index contributed by atoms with van der Waals surface area (Å²) in [6, 6.07) is 7.40. The Morgan fingerprint density at radius 3 is 2.50 bits per heavy atom. The van der Waals surface area contributed by atoms with E-state index in [2.05, 4.69) is 0 Å². The number of fused-ring (bicyclic) bond motifs is 1. The SMILES string of the molecule is CC(C)[C@H]1c2ccccc2C(=O)[C@H]1C(N)=O. The molecule has 0 bridgehead atoms. The minimum absolute atomic E-state index is 0.0683. The highest BCUT2D eigenvalue weighted by molar-refractivity contribution is 6.14. The first-order valence-electron chi connectivity index (χ1n) is 5.46. The minimum Gasteiger partial charge on any atom is -0.369 e. The van der Waals surface area contributed by atoms with Crippen LogP contribution in [0.1, 0.15) is 35.7 Å². The molecule has 1 aliphatic rings. The lowest BCUT2D eigenvalue weighted by Gasteiger charge is -2.20. The fourth-order valence-corrected chi connectivity index (χ4v) is 2.57. The fourth-order valence-electron chi connectivity index (χ4n) is 2.57. The van der Waals surface area contributed by atoms with Gasteiger partial charge in [-0.3, -0.25) is 9.59 Å². The lowest BCUT2D eigenvalue weighted by molar-refractivity contribution is -0.121. The molecule has 1 aliphatic carbocycles. The molecule has 0 aliphatic heterocycles. The smallest absolute Gasteiger partial charge is 0.229 e. The molecule has 2 rings (SSSR count). The molecule has 1 amide bonds. The Kier molecular flexibility index (Phi) is 2.54. The number of ketones is 1. The van der Waals surface area contributed by atoms with E-state index in [1.807, 2.05) is 32.0 Å². The molecule has 2 N–H and O–H groups in total. The van der Waals surface area contributed by atoms with Gasteiger partial charge in [-0.15, -0.1) is 0 Å². The number of nitrogens with two attached hydrogens (primary N) is 1. The van der Waals surface area contributed by atoms with Crippen molar-refractivity contribution in [3.8, 4) is 0 Å². The van der Waals surface area contributed by atoms with Crippen molar-refractivity contribution in [2.24, 2.45) is 17.6 Å². The number of amides is 1. The molecule has 1 aromatic carbocycles. The summed E-state index contributed by atoms with van der Waals surface area (Å²) >= 11 is 0. The van der Waals surface area contributed by atoms with Crippen molar-refractivity contribution in [1.29, 1.82) is 0 Å². The van der Waals surface area contributed by atoms with Gasteiger partial charge in [-0.1, -0.05) is 38.1 Å². The van der Waals surface area contributed by atoms with Crippen molar-refractivity contribution in [3.63, 3.8) is 0 Å². The maximum absolute atomic E-state index is 12.1. The molecule has 0 radical (unpaired) electrons. The Labute approximate surface area is 94.6 Å². The summed E-state index contributed by atoms with van der Waals surface area (Å²) in [7, 11) is 0. The van der Waals surface area contributed by atoms with Gasteiger partial charge in [-0.25, -0.2) is 0 Å². The van der Waals surface area contributed by atoms with Crippen LogP contribution in [0.25, 0.3) is 0 Å². The van der Waals surface area contributed by atoms with E-state index in [1.165, 1.54) is 0 Å². The standard InChI is InChI=1S/C13H15NO2/c1-7(2)10-8-5-3-4-6-9(8)12(15)11(10)13(14)16/h3-7,10-11H,1-2H3,(H2,14,16)/t10-,11-/m0/s1. The van der Waals surface area contributed by atoms with Crippen LogP contribution in [-0.2, 0) is 4.79 Å². The van der Waals surface area contributed by atoms with Crippen LogP contribution in [0, 0.1) is 11.8 Å². The molecular weight excluding hydrogens is 202 g/mol. The van der Waals surface area contributed by atoms with Gasteiger partial charge in [0, 0.05) is 11.5 Å². The molecule has 0 fully saturated rings. The third-order valence-electron chi connectivity index (χ3n) is 3.25. The van der Waals surface area contributed by atoms with Gasteiger partial charge >= 0.3 is 0 Å². The number of carbonyl (C=O) groups excluding carboxylic acids is 2. The Morgan fingerprint density at radius 2 is 1.94 bits per heavy atom. The van der Waals surface area contributed by atoms with Crippen LogP contribution in [0.4, 0.5) is 0 Å². The maximum Gasteiger partial charge on any atom is 0.229 e. The summed E-state index contributed by atoms with van der Waals surface area (Å²) < 4.78 is 0. The van der Waals surface area contributed by atoms with E-state index in [4.69, 9.17) is 5.73 Å². The second-order valence-corrected chi connectivity index (χ2v) is 4.60. The molecule has 0 spiro atoms. The minimum atomic E-state index is -0.683. The van der Waals surface area contributed by atoms with E-state index >= 15 is 0 Å². The summed E-state index contributed by atoms with van der Waals surface area (Å²) in [4.78, 5) is 23.4. The number of carbonyl (C=O) groups is 2. The molecule has 84 valence electrons. The van der Waals surface area contributed by atoms with Crippen molar-refractivity contribution < 1.29 is 9.59 Å². The highest BCUT2D eigenvalue weighted by atomic mass is 16.2. The van der Waals surface area contributed by atoms with Crippen molar-refractivity contribution >= 4 is 11.7 Å². The summed E-state index contributed by atoms with van der Waals surface area (Å²) in [5, 5.41) is 0. The van der Waals surface area contributed by atoms with Crippen LogP contribution >= 0.6 is 0 Å². The van der Waals surface area contributed by atoms with E-state index in [0.29, 0.717) is 5.56 Å². The van der Waals surface area contributed by atoms with E-state index in [0.717, 1.165) is 5.56 Å². The van der Waals surface area contributed by atoms with Gasteiger partial charge in [-0.05, 0) is 11.5 Å². The summed E-state index contributed by atoms with van der Waals surface area (Å²) in [5.41, 5.74) is 6.96. The van der Waals surface area contributed by atoms with Crippen LogP contribution in [0.15, 0.2) is 24.3 Å². The van der Waals surface area contributed by atoms with Crippen LogP contribution in [0.2, 0.25) is 0 Å². The second-order valence-electron chi connectivity index (χ2n) is 4.60. The topological polar surface area (TPSA) is 60.2 Å². The van der Waals surface area contributed by atoms with Crippen molar-refractivity contribution in [2.45, 2.75) is 19.8 Å². The van der Waals surface area contributed by atoms with Gasteiger partial charge in [0.15, 0.2) is 5.78 Å². The Bertz CT molecular complexity index is 451. The largest absolute Gasteiger partial charge is 0.369 e. The number of Topliss-reactive ketones (excluding diaryl/α,β-unsaturated/α-hetero) is 1. The van der Waals surface area contributed by atoms with Gasteiger partial charge in [0.1, 0.15) is 5.92 Å². The van der Waals surface area contributed by atoms with Gasteiger partial charge < -0.3 is 5.73 Å². The fraction of sp³-hybridized carbons (Fsp3) is 0.385. The molecule has 16 heavy (non-hydrogen) atoms. The zero-order valence-electron chi connectivity index (χ0n) is 9.44. The molecule has 0 aromatic heterocycles. The second kappa shape index (κ2) is 3.74. The number of hydrogen-bond acceptors (Lipinski definition) is 2. The quantitative estimate of drug-likeness (QED) is 0.767. The third-order valence-corrected chi connectivity index (χ3v) is 3.25. The molecule has 2 atom stereocenters. The first kappa shape index (κ1) is 10.9. The van der Waals surface area contributed by atoms with Crippen molar-refractivity contribution in [1.82, 2.24) is 0 Å². The van der Waals surface area contributed by atoms with Crippen molar-refractivity contribution in [3.05, 3.63) is 35.4 Å². The summed E-state index contributed by atoms with van der Waals surface area (Å²) in [6.45, 7) is 4.02. The highest BCUT2D eigenvalue weighted by Crippen LogP contribution is 2.42. The lowest BCUT2D eigenvalue weighted by Crippen LogP contribution is -2.32. The maximum atomic E-state index is 12.1. The average Bonchev–Trinajstić information content (AvgIpc) is 2.53. The van der Waals surface area contributed by atoms with Gasteiger partial charge in [-0.2, -0.15) is 0 Å². The Morgan fingerprint density at radius 1 is 1.31 bits per heavy atom. The van der Waals surface area contributed by atoms with Gasteiger partial charge in [0.2, 0.25) is 5.91 Å². The van der Waals surface area contributed by atoms with Crippen LogP contribution in [0.3, 0.4) is 0 Å². The van der Waals surface area contributed by atoms with E-state index < -0.39 is 11.8 Å². The Balaban J connectivity index is 2.56. The number of primary amides is 1. The Hall–Kier alpha value is -1.64. The van der Waals surface area contributed by atoms with Gasteiger partial charge in [0.25, 0.3) is 0 Å². The molecule has 0 heterocycles. The highest BCUT2D eigenvalue weighted by Gasteiger charge is 2.44. The molecule has 3 nitrogen and oxygen atoms in total. The predicted molar refractivity (Wildman–Crippen MR) is 61.0 cm³/mol. The number of hydrogen-bond donors (Lipinski definition) is 1. The lowest BCUT2D eigenvalue weighted by atomic mass is 9.82. The first-order chi connectivity index (χ1) is 7.54.